The SMILES string of the molecule is Cc1ccccc1-c1nc(SCc2cccc(F)c2)c(C#N)c2c1CCC2. The number of benzene rings is 2. The Morgan fingerprint density at radius 2 is 1.93 bits per heavy atom. The molecule has 2 nitrogen and oxygen atoms in total. The first-order chi connectivity index (χ1) is 13.2. The predicted octanol–water partition coefficient (Wildman–Crippen LogP) is 5.85. The Labute approximate surface area is 163 Å². The molecule has 1 aliphatic carbocycles. The van der Waals surface area contributed by atoms with Gasteiger partial charge in [-0.3, -0.25) is 0 Å². The molecule has 2 aromatic carbocycles. The van der Waals surface area contributed by atoms with Crippen molar-refractivity contribution in [3.05, 3.63) is 82.2 Å². The Morgan fingerprint density at radius 1 is 1.11 bits per heavy atom. The minimum absolute atomic E-state index is 0.240. The molecule has 0 bridgehead atoms. The molecular weight excluding hydrogens is 355 g/mol. The highest BCUT2D eigenvalue weighted by Gasteiger charge is 2.24. The molecule has 0 aliphatic heterocycles. The fourth-order valence-electron chi connectivity index (χ4n) is 3.69. The normalized spacial score (nSPS) is 12.6. The molecular formula is C23H19FN2S. The van der Waals surface area contributed by atoms with E-state index >= 15 is 0 Å². The molecule has 134 valence electrons. The lowest BCUT2D eigenvalue weighted by Crippen LogP contribution is -2.01. The van der Waals surface area contributed by atoms with Gasteiger partial charge in [0, 0.05) is 11.3 Å². The Morgan fingerprint density at radius 3 is 2.70 bits per heavy atom. The highest BCUT2D eigenvalue weighted by Crippen LogP contribution is 2.38. The van der Waals surface area contributed by atoms with Gasteiger partial charge in [-0.25, -0.2) is 9.37 Å². The van der Waals surface area contributed by atoms with Gasteiger partial charge < -0.3 is 0 Å². The fraction of sp³-hybridized carbons (Fsp3) is 0.217. The summed E-state index contributed by atoms with van der Waals surface area (Å²) in [5.74, 6) is 0.349. The third-order valence-corrected chi connectivity index (χ3v) is 6.06. The van der Waals surface area contributed by atoms with Gasteiger partial charge in [-0.1, -0.05) is 36.4 Å². The molecule has 1 aliphatic rings. The molecule has 0 radical (unpaired) electrons. The first-order valence-electron chi connectivity index (χ1n) is 9.06. The molecule has 3 aromatic rings. The first-order valence-corrected chi connectivity index (χ1v) is 10.0. The van der Waals surface area contributed by atoms with Crippen LogP contribution in [0.3, 0.4) is 0 Å². The zero-order valence-corrected chi connectivity index (χ0v) is 15.9. The minimum atomic E-state index is -0.240. The van der Waals surface area contributed by atoms with Gasteiger partial charge in [0.25, 0.3) is 0 Å². The lowest BCUT2D eigenvalue weighted by molar-refractivity contribution is 0.626. The van der Waals surface area contributed by atoms with Crippen molar-refractivity contribution in [1.82, 2.24) is 4.98 Å². The topological polar surface area (TPSA) is 36.7 Å². The van der Waals surface area contributed by atoms with Crippen LogP contribution in [0.2, 0.25) is 0 Å². The Hall–Kier alpha value is -2.64. The van der Waals surface area contributed by atoms with Crippen molar-refractivity contribution >= 4 is 11.8 Å². The summed E-state index contributed by atoms with van der Waals surface area (Å²) < 4.78 is 13.5. The third-order valence-electron chi connectivity index (χ3n) is 5.01. The van der Waals surface area contributed by atoms with E-state index in [9.17, 15) is 9.65 Å². The number of nitrogens with zero attached hydrogens (tertiary/aromatic N) is 2. The number of fused-ring (bicyclic) bond motifs is 1. The average molecular weight is 374 g/mol. The molecule has 4 heteroatoms. The molecule has 1 aromatic heterocycles. The van der Waals surface area contributed by atoms with Crippen LogP contribution in [0.15, 0.2) is 53.6 Å². The fourth-order valence-corrected chi connectivity index (χ4v) is 4.65. The van der Waals surface area contributed by atoms with Gasteiger partial charge in [-0.2, -0.15) is 5.26 Å². The van der Waals surface area contributed by atoms with Crippen molar-refractivity contribution in [3.8, 4) is 17.3 Å². The molecule has 1 heterocycles. The first kappa shape index (κ1) is 17.8. The summed E-state index contributed by atoms with van der Waals surface area (Å²) >= 11 is 1.51. The maximum Gasteiger partial charge on any atom is 0.123 e. The van der Waals surface area contributed by atoms with Crippen molar-refractivity contribution in [3.63, 3.8) is 0 Å². The standard InChI is InChI=1S/C23H19FN2S/c1-15-6-2-3-9-18(15)22-20-11-5-10-19(20)21(13-25)23(26-22)27-14-16-7-4-8-17(24)12-16/h2-4,6-9,12H,5,10-11,14H2,1H3. The minimum Gasteiger partial charge on any atom is -0.240 e. The predicted molar refractivity (Wildman–Crippen MR) is 107 cm³/mol. The number of nitriles is 1. The number of halogens is 1. The van der Waals surface area contributed by atoms with Crippen LogP contribution >= 0.6 is 11.8 Å². The van der Waals surface area contributed by atoms with Gasteiger partial charge in [-0.15, -0.1) is 11.8 Å². The van der Waals surface area contributed by atoms with Crippen LogP contribution in [0.25, 0.3) is 11.3 Å². The van der Waals surface area contributed by atoms with Gasteiger partial charge in [0.1, 0.15) is 16.9 Å². The van der Waals surface area contributed by atoms with E-state index in [1.54, 1.807) is 6.07 Å². The van der Waals surface area contributed by atoms with Crippen LogP contribution in [0, 0.1) is 24.1 Å². The van der Waals surface area contributed by atoms with E-state index in [4.69, 9.17) is 4.98 Å². The molecule has 0 unspecified atom stereocenters. The largest absolute Gasteiger partial charge is 0.240 e. The summed E-state index contributed by atoms with van der Waals surface area (Å²) in [7, 11) is 0. The lowest BCUT2D eigenvalue weighted by Gasteiger charge is -2.15. The summed E-state index contributed by atoms with van der Waals surface area (Å²) in [5.41, 5.74) is 7.27. The molecule has 0 amide bonds. The van der Waals surface area contributed by atoms with Crippen LogP contribution in [0.5, 0.6) is 0 Å². The number of hydrogen-bond acceptors (Lipinski definition) is 3. The maximum atomic E-state index is 13.5. The zero-order chi connectivity index (χ0) is 18.8. The van der Waals surface area contributed by atoms with E-state index in [2.05, 4.69) is 25.1 Å². The second kappa shape index (κ2) is 7.54. The molecule has 0 saturated carbocycles. The summed E-state index contributed by atoms with van der Waals surface area (Å²) in [6.45, 7) is 2.09. The van der Waals surface area contributed by atoms with Gasteiger partial charge in [0.2, 0.25) is 0 Å². The molecule has 4 rings (SSSR count). The lowest BCUT2D eigenvalue weighted by atomic mass is 9.97. The van der Waals surface area contributed by atoms with Crippen LogP contribution < -0.4 is 0 Å². The van der Waals surface area contributed by atoms with Crippen molar-refractivity contribution < 1.29 is 4.39 Å². The molecule has 0 spiro atoms. The van der Waals surface area contributed by atoms with Crippen molar-refractivity contribution in [2.24, 2.45) is 0 Å². The number of rotatable bonds is 4. The van der Waals surface area contributed by atoms with Crippen molar-refractivity contribution in [2.75, 3.05) is 0 Å². The highest BCUT2D eigenvalue weighted by molar-refractivity contribution is 7.98. The van der Waals surface area contributed by atoms with E-state index in [1.807, 2.05) is 18.2 Å². The van der Waals surface area contributed by atoms with Crippen LogP contribution in [0.4, 0.5) is 4.39 Å². The van der Waals surface area contributed by atoms with E-state index < -0.39 is 0 Å². The van der Waals surface area contributed by atoms with Crippen LogP contribution in [0.1, 0.15) is 34.2 Å². The number of aromatic nitrogens is 1. The molecule has 0 saturated heterocycles. The monoisotopic (exact) mass is 374 g/mol. The van der Waals surface area contributed by atoms with E-state index in [0.717, 1.165) is 46.7 Å². The second-order valence-corrected chi connectivity index (χ2v) is 7.76. The number of hydrogen-bond donors (Lipinski definition) is 0. The molecule has 27 heavy (non-hydrogen) atoms. The quantitative estimate of drug-likeness (QED) is 0.538. The Bertz CT molecular complexity index is 1050. The smallest absolute Gasteiger partial charge is 0.123 e. The van der Waals surface area contributed by atoms with Gasteiger partial charge in [-0.05, 0) is 60.6 Å². The highest BCUT2D eigenvalue weighted by atomic mass is 32.2. The zero-order valence-electron chi connectivity index (χ0n) is 15.1. The summed E-state index contributed by atoms with van der Waals surface area (Å²) in [6.07, 6.45) is 2.95. The molecule has 0 N–H and O–H groups in total. The Kier molecular flexibility index (Phi) is 4.96. The van der Waals surface area contributed by atoms with Gasteiger partial charge >= 0.3 is 0 Å². The van der Waals surface area contributed by atoms with Gasteiger partial charge in [0.05, 0.1) is 11.3 Å². The summed E-state index contributed by atoms with van der Waals surface area (Å²) in [6, 6.07) is 17.2. The van der Waals surface area contributed by atoms with E-state index in [0.29, 0.717) is 11.3 Å². The molecule has 0 atom stereocenters. The van der Waals surface area contributed by atoms with Crippen LogP contribution in [-0.2, 0) is 18.6 Å². The van der Waals surface area contributed by atoms with Crippen LogP contribution in [-0.4, -0.2) is 4.98 Å². The second-order valence-electron chi connectivity index (χ2n) is 6.80. The third kappa shape index (κ3) is 3.48. The van der Waals surface area contributed by atoms with E-state index in [-0.39, 0.29) is 5.82 Å². The number of pyridine rings is 1. The maximum absolute atomic E-state index is 13.5. The summed E-state index contributed by atoms with van der Waals surface area (Å²) in [4.78, 5) is 4.93. The van der Waals surface area contributed by atoms with Crippen molar-refractivity contribution in [1.29, 1.82) is 5.26 Å². The average Bonchev–Trinajstić information content (AvgIpc) is 3.16. The summed E-state index contributed by atoms with van der Waals surface area (Å²) in [5, 5.41) is 10.5. The van der Waals surface area contributed by atoms with Crippen molar-refractivity contribution in [2.45, 2.75) is 37.0 Å². The Balaban J connectivity index is 1.78. The van der Waals surface area contributed by atoms with Gasteiger partial charge in [0.15, 0.2) is 0 Å². The van der Waals surface area contributed by atoms with E-state index in [1.165, 1.54) is 35.0 Å². The molecule has 0 fully saturated rings. The number of thioether (sulfide) groups is 1. The number of aryl methyl sites for hydroxylation is 1.